The average molecular weight is 181 g/mol. The molecule has 1 nitrogen and oxygen atoms in total. The Labute approximate surface area is 82.4 Å². The smallest absolute Gasteiger partial charge is 0.0120 e. The summed E-state index contributed by atoms with van der Waals surface area (Å²) in [6, 6.07) is 0. The summed E-state index contributed by atoms with van der Waals surface area (Å²) < 4.78 is 0. The van der Waals surface area contributed by atoms with Gasteiger partial charge in [-0.1, -0.05) is 39.0 Å². The molecule has 1 saturated carbocycles. The van der Waals surface area contributed by atoms with Crippen molar-refractivity contribution in [2.75, 3.05) is 0 Å². The fourth-order valence-electron chi connectivity index (χ4n) is 2.22. The molecule has 76 valence electrons. The van der Waals surface area contributed by atoms with Gasteiger partial charge in [-0.25, -0.2) is 0 Å². The minimum atomic E-state index is 0.658. The Bertz CT molecular complexity index is 145. The lowest BCUT2D eigenvalue weighted by Gasteiger charge is -2.22. The van der Waals surface area contributed by atoms with Crippen LogP contribution in [0.5, 0.6) is 0 Å². The summed E-state index contributed by atoms with van der Waals surface area (Å²) in [5, 5.41) is 7.96. The number of unbranched alkanes of at least 4 members (excludes halogenated alkanes) is 2. The summed E-state index contributed by atoms with van der Waals surface area (Å²) in [5.41, 5.74) is 1.05. The first-order chi connectivity index (χ1) is 6.34. The molecule has 0 atom stereocenters. The lowest BCUT2D eigenvalue weighted by Crippen LogP contribution is -2.16. The van der Waals surface area contributed by atoms with E-state index >= 15 is 0 Å². The Kier molecular flexibility index (Phi) is 5.10. The van der Waals surface area contributed by atoms with Crippen molar-refractivity contribution in [2.24, 2.45) is 5.92 Å². The standard InChI is InChI=1S/C12H23N/c1-2-3-5-10-12(13)11-8-6-4-7-9-11/h11,13H,2-10H2,1H3. The molecule has 1 rings (SSSR count). The van der Waals surface area contributed by atoms with Crippen LogP contribution in [0.4, 0.5) is 0 Å². The average Bonchev–Trinajstić information content (AvgIpc) is 2.19. The third-order valence-electron chi connectivity index (χ3n) is 3.15. The Morgan fingerprint density at radius 2 is 1.85 bits per heavy atom. The van der Waals surface area contributed by atoms with E-state index in [9.17, 15) is 0 Å². The van der Waals surface area contributed by atoms with Crippen molar-refractivity contribution < 1.29 is 0 Å². The summed E-state index contributed by atoms with van der Waals surface area (Å²) in [5.74, 6) is 0.658. The van der Waals surface area contributed by atoms with Crippen LogP contribution >= 0.6 is 0 Å². The summed E-state index contributed by atoms with van der Waals surface area (Å²) in [7, 11) is 0. The minimum absolute atomic E-state index is 0.658. The zero-order valence-electron chi connectivity index (χ0n) is 8.94. The van der Waals surface area contributed by atoms with Gasteiger partial charge >= 0.3 is 0 Å². The zero-order valence-corrected chi connectivity index (χ0v) is 8.94. The Morgan fingerprint density at radius 3 is 2.46 bits per heavy atom. The van der Waals surface area contributed by atoms with Crippen LogP contribution in [0.2, 0.25) is 0 Å². The van der Waals surface area contributed by atoms with Gasteiger partial charge < -0.3 is 5.41 Å². The highest BCUT2D eigenvalue weighted by Crippen LogP contribution is 2.25. The van der Waals surface area contributed by atoms with E-state index in [1.165, 1.54) is 51.4 Å². The molecular weight excluding hydrogens is 158 g/mol. The summed E-state index contributed by atoms with van der Waals surface area (Å²) in [4.78, 5) is 0. The second kappa shape index (κ2) is 6.17. The summed E-state index contributed by atoms with van der Waals surface area (Å²) in [6.45, 7) is 2.23. The number of nitrogens with one attached hydrogen (secondary N) is 1. The second-order valence-electron chi connectivity index (χ2n) is 4.32. The molecule has 0 saturated heterocycles. The Hall–Kier alpha value is -0.330. The quantitative estimate of drug-likeness (QED) is 0.486. The van der Waals surface area contributed by atoms with Crippen LogP contribution in [0.1, 0.15) is 64.7 Å². The number of rotatable bonds is 5. The highest BCUT2D eigenvalue weighted by molar-refractivity contribution is 5.83. The molecule has 0 aromatic carbocycles. The van der Waals surface area contributed by atoms with Crippen molar-refractivity contribution >= 4 is 5.71 Å². The molecule has 13 heavy (non-hydrogen) atoms. The Morgan fingerprint density at radius 1 is 1.15 bits per heavy atom. The van der Waals surface area contributed by atoms with E-state index in [0.717, 1.165) is 12.1 Å². The molecule has 0 aromatic rings. The monoisotopic (exact) mass is 181 g/mol. The molecule has 1 fully saturated rings. The molecule has 1 heteroatoms. The first kappa shape index (κ1) is 10.7. The van der Waals surface area contributed by atoms with Crippen molar-refractivity contribution in [3.63, 3.8) is 0 Å². The van der Waals surface area contributed by atoms with E-state index in [0.29, 0.717) is 5.92 Å². The molecule has 0 heterocycles. The number of hydrogen-bond donors (Lipinski definition) is 1. The van der Waals surface area contributed by atoms with Crippen LogP contribution in [0.15, 0.2) is 0 Å². The normalized spacial score (nSPS) is 18.8. The minimum Gasteiger partial charge on any atom is -0.309 e. The van der Waals surface area contributed by atoms with Gasteiger partial charge in [0.2, 0.25) is 0 Å². The molecule has 0 amide bonds. The van der Waals surface area contributed by atoms with Crippen molar-refractivity contribution in [1.82, 2.24) is 0 Å². The highest BCUT2D eigenvalue weighted by atomic mass is 14.4. The fourth-order valence-corrected chi connectivity index (χ4v) is 2.22. The van der Waals surface area contributed by atoms with Gasteiger partial charge in [0.05, 0.1) is 0 Å². The van der Waals surface area contributed by atoms with Crippen LogP contribution < -0.4 is 0 Å². The SMILES string of the molecule is CCCCCC(=N)C1CCCCC1. The van der Waals surface area contributed by atoms with Gasteiger partial charge in [-0.2, -0.15) is 0 Å². The van der Waals surface area contributed by atoms with E-state index in [2.05, 4.69) is 6.92 Å². The van der Waals surface area contributed by atoms with Gasteiger partial charge in [0.25, 0.3) is 0 Å². The van der Waals surface area contributed by atoms with E-state index in [1.807, 2.05) is 0 Å². The highest BCUT2D eigenvalue weighted by Gasteiger charge is 2.16. The molecular formula is C12H23N. The van der Waals surface area contributed by atoms with Crippen LogP contribution in [-0.2, 0) is 0 Å². The maximum absolute atomic E-state index is 7.96. The summed E-state index contributed by atoms with van der Waals surface area (Å²) in [6.07, 6.45) is 11.6. The van der Waals surface area contributed by atoms with Gasteiger partial charge in [0.15, 0.2) is 0 Å². The molecule has 0 aromatic heterocycles. The predicted molar refractivity (Wildman–Crippen MR) is 58.4 cm³/mol. The molecule has 0 spiro atoms. The van der Waals surface area contributed by atoms with Gasteiger partial charge in [-0.05, 0) is 31.6 Å². The fraction of sp³-hybridized carbons (Fsp3) is 0.917. The topological polar surface area (TPSA) is 23.9 Å². The first-order valence-corrected chi connectivity index (χ1v) is 5.92. The molecule has 1 aliphatic carbocycles. The molecule has 0 unspecified atom stereocenters. The Balaban J connectivity index is 2.13. The van der Waals surface area contributed by atoms with Crippen LogP contribution in [0.3, 0.4) is 0 Å². The van der Waals surface area contributed by atoms with E-state index < -0.39 is 0 Å². The van der Waals surface area contributed by atoms with Gasteiger partial charge in [0.1, 0.15) is 0 Å². The molecule has 0 radical (unpaired) electrons. The lowest BCUT2D eigenvalue weighted by molar-refractivity contribution is 0.432. The number of hydrogen-bond acceptors (Lipinski definition) is 1. The van der Waals surface area contributed by atoms with Crippen LogP contribution in [-0.4, -0.2) is 5.71 Å². The zero-order chi connectivity index (χ0) is 9.52. The maximum atomic E-state index is 7.96. The van der Waals surface area contributed by atoms with E-state index in [4.69, 9.17) is 5.41 Å². The largest absolute Gasteiger partial charge is 0.309 e. The predicted octanol–water partition coefficient (Wildman–Crippen LogP) is 4.17. The molecule has 1 aliphatic rings. The van der Waals surface area contributed by atoms with E-state index in [1.54, 1.807) is 0 Å². The maximum Gasteiger partial charge on any atom is 0.0120 e. The molecule has 0 aliphatic heterocycles. The molecule has 1 N–H and O–H groups in total. The van der Waals surface area contributed by atoms with Gasteiger partial charge in [0, 0.05) is 5.71 Å². The molecule has 0 bridgehead atoms. The van der Waals surface area contributed by atoms with Crippen LogP contribution in [0.25, 0.3) is 0 Å². The third-order valence-corrected chi connectivity index (χ3v) is 3.15. The summed E-state index contributed by atoms with van der Waals surface area (Å²) >= 11 is 0. The van der Waals surface area contributed by atoms with E-state index in [-0.39, 0.29) is 0 Å². The van der Waals surface area contributed by atoms with Gasteiger partial charge in [-0.15, -0.1) is 0 Å². The van der Waals surface area contributed by atoms with Crippen molar-refractivity contribution in [3.8, 4) is 0 Å². The first-order valence-electron chi connectivity index (χ1n) is 5.92. The van der Waals surface area contributed by atoms with Gasteiger partial charge in [-0.3, -0.25) is 0 Å². The second-order valence-corrected chi connectivity index (χ2v) is 4.32. The van der Waals surface area contributed by atoms with Crippen molar-refractivity contribution in [1.29, 1.82) is 5.41 Å². The van der Waals surface area contributed by atoms with Crippen LogP contribution in [0, 0.1) is 11.3 Å². The lowest BCUT2D eigenvalue weighted by atomic mass is 9.84. The van der Waals surface area contributed by atoms with Crippen molar-refractivity contribution in [2.45, 2.75) is 64.7 Å². The van der Waals surface area contributed by atoms with Crippen molar-refractivity contribution in [3.05, 3.63) is 0 Å². The third kappa shape index (κ3) is 3.93.